The summed E-state index contributed by atoms with van der Waals surface area (Å²) < 4.78 is 79.3. The molecule has 3 rings (SSSR count). The third-order valence-corrected chi connectivity index (χ3v) is 3.82. The Morgan fingerprint density at radius 2 is 1.80 bits per heavy atom. The van der Waals surface area contributed by atoms with E-state index >= 15 is 0 Å². The number of hydrogen-bond donors (Lipinski definition) is 3. The molecule has 0 radical (unpaired) electrons. The molecule has 0 bridgehead atoms. The summed E-state index contributed by atoms with van der Waals surface area (Å²) in [5.41, 5.74) is -0.893. The summed E-state index contributed by atoms with van der Waals surface area (Å²) in [6.45, 7) is 0. The number of anilines is 1. The van der Waals surface area contributed by atoms with Gasteiger partial charge >= 0.3 is 12.5 Å². The lowest BCUT2D eigenvalue weighted by Crippen LogP contribution is -2.16. The van der Waals surface area contributed by atoms with Crippen LogP contribution in [0.5, 0.6) is 11.6 Å². The first-order valence-electron chi connectivity index (χ1n) is 7.93. The van der Waals surface area contributed by atoms with E-state index in [0.29, 0.717) is 0 Å². The Bertz CT molecular complexity index is 1120. The Balaban J connectivity index is 1.82. The number of fused-ring (bicyclic) bond motifs is 1. The zero-order valence-electron chi connectivity index (χ0n) is 14.5. The van der Waals surface area contributed by atoms with Gasteiger partial charge in [-0.05, 0) is 48.6 Å². The molecular weight excluding hydrogens is 438 g/mol. The van der Waals surface area contributed by atoms with Crippen molar-refractivity contribution < 1.29 is 36.2 Å². The highest BCUT2D eigenvalue weighted by Gasteiger charge is 2.31. The highest BCUT2D eigenvalue weighted by atomic mass is 32.1. The molecule has 2 aromatic carbocycles. The third-order valence-electron chi connectivity index (χ3n) is 3.64. The number of aromatic amines is 1. The minimum atomic E-state index is -4.91. The first-order valence-corrected chi connectivity index (χ1v) is 8.33. The van der Waals surface area contributed by atoms with Crippen molar-refractivity contribution in [3.63, 3.8) is 0 Å². The van der Waals surface area contributed by atoms with Crippen LogP contribution in [0.1, 0.15) is 5.56 Å². The molecule has 0 unspecified atom stereocenters. The lowest BCUT2D eigenvalue weighted by molar-refractivity contribution is -0.274. The van der Waals surface area contributed by atoms with Gasteiger partial charge in [0.15, 0.2) is 5.69 Å². The highest BCUT2D eigenvalue weighted by molar-refractivity contribution is 7.80. The molecule has 0 saturated carbocycles. The van der Waals surface area contributed by atoms with Crippen molar-refractivity contribution in [2.24, 2.45) is 10.2 Å². The zero-order chi connectivity index (χ0) is 22.1. The number of nitrogens with one attached hydrogen (secondary N) is 2. The minimum Gasteiger partial charge on any atom is -0.493 e. The summed E-state index contributed by atoms with van der Waals surface area (Å²) in [5, 5.41) is 19.3. The number of azo groups is 1. The van der Waals surface area contributed by atoms with Crippen LogP contribution in [0.2, 0.25) is 0 Å². The van der Waals surface area contributed by atoms with Crippen LogP contribution in [-0.4, -0.2) is 21.6 Å². The molecule has 1 heterocycles. The Morgan fingerprint density at radius 1 is 1.07 bits per heavy atom. The molecule has 0 fully saturated rings. The monoisotopic (exact) mass is 448 g/mol. The summed E-state index contributed by atoms with van der Waals surface area (Å²) in [7, 11) is 0. The summed E-state index contributed by atoms with van der Waals surface area (Å²) >= 11 is 4.89. The fourth-order valence-electron chi connectivity index (χ4n) is 2.46. The Morgan fingerprint density at radius 3 is 2.47 bits per heavy atom. The lowest BCUT2D eigenvalue weighted by atomic mass is 10.2. The Labute approximate surface area is 169 Å². The molecule has 3 aromatic rings. The van der Waals surface area contributed by atoms with Gasteiger partial charge in [0, 0.05) is 11.1 Å². The lowest BCUT2D eigenvalue weighted by Gasteiger charge is -2.09. The predicted molar refractivity (Wildman–Crippen MR) is 98.8 cm³/mol. The topological polar surface area (TPSA) is 82.0 Å². The van der Waals surface area contributed by atoms with E-state index < -0.39 is 29.7 Å². The van der Waals surface area contributed by atoms with Crippen molar-refractivity contribution >= 4 is 39.6 Å². The number of H-pyrrole nitrogens is 1. The van der Waals surface area contributed by atoms with E-state index in [1.807, 2.05) is 0 Å². The molecule has 0 saturated heterocycles. The largest absolute Gasteiger partial charge is 0.573 e. The number of aromatic hydroxyl groups is 1. The van der Waals surface area contributed by atoms with Gasteiger partial charge in [-0.15, -0.1) is 23.4 Å². The standard InChI is InChI=1S/C17H10F6N4O2S/c18-16(19,20)8-2-1-3-9(6-8)24-15(30)27-26-13-11-7-10(29-17(21,22)23)4-5-12(11)25-14(13)28/h1-7,25,28H,(H,24,30). The number of thiocarbonyl (C=S) groups is 1. The van der Waals surface area contributed by atoms with Crippen LogP contribution in [0, 0.1) is 0 Å². The van der Waals surface area contributed by atoms with Gasteiger partial charge in [0.25, 0.3) is 0 Å². The van der Waals surface area contributed by atoms with Crippen LogP contribution in [0.3, 0.4) is 0 Å². The van der Waals surface area contributed by atoms with Crippen LogP contribution in [0.25, 0.3) is 10.9 Å². The fraction of sp³-hybridized carbons (Fsp3) is 0.118. The van der Waals surface area contributed by atoms with E-state index in [0.717, 1.165) is 24.3 Å². The fourth-order valence-corrected chi connectivity index (χ4v) is 2.62. The molecule has 0 aliphatic rings. The van der Waals surface area contributed by atoms with Gasteiger partial charge in [-0.2, -0.15) is 13.2 Å². The summed E-state index contributed by atoms with van der Waals surface area (Å²) in [5.74, 6) is -1.05. The van der Waals surface area contributed by atoms with Crippen LogP contribution in [0.4, 0.5) is 37.7 Å². The predicted octanol–water partition coefficient (Wildman–Crippen LogP) is 6.27. The number of benzene rings is 2. The maximum atomic E-state index is 12.8. The quantitative estimate of drug-likeness (QED) is 0.251. The van der Waals surface area contributed by atoms with E-state index in [2.05, 4.69) is 25.3 Å². The molecule has 30 heavy (non-hydrogen) atoms. The Kier molecular flexibility index (Phi) is 5.57. The van der Waals surface area contributed by atoms with Crippen LogP contribution < -0.4 is 10.1 Å². The molecule has 3 N–H and O–H groups in total. The molecule has 1 aromatic heterocycles. The number of hydrogen-bond acceptors (Lipinski definition) is 4. The zero-order valence-corrected chi connectivity index (χ0v) is 15.3. The van der Waals surface area contributed by atoms with Crippen LogP contribution in [0.15, 0.2) is 52.7 Å². The van der Waals surface area contributed by atoms with Crippen molar-refractivity contribution in [3.8, 4) is 11.6 Å². The van der Waals surface area contributed by atoms with E-state index in [1.165, 1.54) is 18.2 Å². The van der Waals surface area contributed by atoms with Crippen molar-refractivity contribution in [1.82, 2.24) is 4.98 Å². The van der Waals surface area contributed by atoms with Crippen molar-refractivity contribution in [2.75, 3.05) is 5.32 Å². The number of aromatic nitrogens is 1. The number of alkyl halides is 6. The van der Waals surface area contributed by atoms with Crippen LogP contribution in [-0.2, 0) is 6.18 Å². The number of nitrogens with zero attached hydrogens (tertiary/aromatic N) is 2. The van der Waals surface area contributed by atoms with E-state index in [-0.39, 0.29) is 27.4 Å². The molecular formula is C17H10F6N4O2S. The second kappa shape index (κ2) is 7.82. The van der Waals surface area contributed by atoms with Crippen molar-refractivity contribution in [3.05, 3.63) is 48.0 Å². The van der Waals surface area contributed by atoms with Crippen molar-refractivity contribution in [2.45, 2.75) is 12.5 Å². The smallest absolute Gasteiger partial charge is 0.493 e. The molecule has 158 valence electrons. The van der Waals surface area contributed by atoms with Gasteiger partial charge in [0.2, 0.25) is 11.0 Å². The van der Waals surface area contributed by atoms with Gasteiger partial charge in [-0.1, -0.05) is 6.07 Å². The average Bonchev–Trinajstić information content (AvgIpc) is 2.93. The minimum absolute atomic E-state index is 0.00205. The number of halogens is 6. The first kappa shape index (κ1) is 21.4. The SMILES string of the molecule is Oc1[nH]c2ccc(OC(F)(F)F)cc2c1N=NC(=S)Nc1cccc(C(F)(F)F)c1. The molecule has 0 aliphatic heterocycles. The second-order valence-corrected chi connectivity index (χ2v) is 6.17. The molecule has 13 heteroatoms. The van der Waals surface area contributed by atoms with Gasteiger partial charge in [0.05, 0.1) is 11.1 Å². The van der Waals surface area contributed by atoms with Gasteiger partial charge in [0.1, 0.15) is 5.75 Å². The summed E-state index contributed by atoms with van der Waals surface area (Å²) in [6.07, 6.45) is -9.46. The normalized spacial score (nSPS) is 12.5. The Hall–Kier alpha value is -3.35. The third kappa shape index (κ3) is 5.17. The number of rotatable bonds is 3. The second-order valence-electron chi connectivity index (χ2n) is 5.79. The molecule has 0 aliphatic carbocycles. The van der Waals surface area contributed by atoms with Gasteiger partial charge in [-0.25, -0.2) is 0 Å². The number of ether oxygens (including phenoxy) is 1. The van der Waals surface area contributed by atoms with Crippen molar-refractivity contribution in [1.29, 1.82) is 0 Å². The van der Waals surface area contributed by atoms with E-state index in [4.69, 9.17) is 12.2 Å². The van der Waals surface area contributed by atoms with E-state index in [1.54, 1.807) is 0 Å². The molecule has 0 atom stereocenters. The molecule has 0 spiro atoms. The summed E-state index contributed by atoms with van der Waals surface area (Å²) in [4.78, 5) is 2.49. The average molecular weight is 448 g/mol. The molecule has 6 nitrogen and oxygen atoms in total. The maximum Gasteiger partial charge on any atom is 0.573 e. The van der Waals surface area contributed by atoms with Gasteiger partial charge < -0.3 is 20.1 Å². The molecule has 0 amide bonds. The van der Waals surface area contributed by atoms with Gasteiger partial charge in [-0.3, -0.25) is 0 Å². The maximum absolute atomic E-state index is 12.8. The van der Waals surface area contributed by atoms with Crippen LogP contribution >= 0.6 is 12.2 Å². The first-order chi connectivity index (χ1) is 13.9. The van der Waals surface area contributed by atoms with E-state index in [9.17, 15) is 31.4 Å². The highest BCUT2D eigenvalue weighted by Crippen LogP contribution is 2.38. The summed E-state index contributed by atoms with van der Waals surface area (Å²) in [6, 6.07) is 7.42.